The molecule has 0 saturated carbocycles. The van der Waals surface area contributed by atoms with Gasteiger partial charge in [0.2, 0.25) is 0 Å². The van der Waals surface area contributed by atoms with E-state index < -0.39 is 6.10 Å². The molecule has 0 radical (unpaired) electrons. The van der Waals surface area contributed by atoms with Gasteiger partial charge < -0.3 is 9.84 Å². The number of aliphatic hydroxyl groups is 1. The number of halogens is 2. The van der Waals surface area contributed by atoms with Crippen LogP contribution >= 0.6 is 27.5 Å². The molecule has 114 valence electrons. The molecule has 0 aliphatic heterocycles. The van der Waals surface area contributed by atoms with Crippen LogP contribution in [0.2, 0.25) is 5.02 Å². The Kier molecular flexibility index (Phi) is 8.07. The van der Waals surface area contributed by atoms with Gasteiger partial charge in [0.05, 0.1) is 12.7 Å². The van der Waals surface area contributed by atoms with Crippen molar-refractivity contribution in [3.8, 4) is 0 Å². The molecule has 0 saturated heterocycles. The molecule has 2 atom stereocenters. The van der Waals surface area contributed by atoms with Gasteiger partial charge in [0.1, 0.15) is 0 Å². The molecule has 1 N–H and O–H groups in total. The zero-order valence-corrected chi connectivity index (χ0v) is 14.6. The molecule has 0 bridgehead atoms. The average Bonchev–Trinajstić information content (AvgIpc) is 2.39. The van der Waals surface area contributed by atoms with Crippen molar-refractivity contribution < 1.29 is 9.84 Å². The van der Waals surface area contributed by atoms with Crippen LogP contribution in [0.15, 0.2) is 22.7 Å². The summed E-state index contributed by atoms with van der Waals surface area (Å²) >= 11 is 9.53. The van der Waals surface area contributed by atoms with Gasteiger partial charge in [-0.05, 0) is 37.6 Å². The number of nitrogens with zero attached hydrogens (tertiary/aromatic N) is 1. The molecule has 0 fully saturated rings. The molecule has 2 unspecified atom stereocenters. The van der Waals surface area contributed by atoms with Crippen LogP contribution in [0.5, 0.6) is 0 Å². The summed E-state index contributed by atoms with van der Waals surface area (Å²) in [5.41, 5.74) is 0.783. The van der Waals surface area contributed by atoms with E-state index in [9.17, 15) is 5.11 Å². The summed E-state index contributed by atoms with van der Waals surface area (Å²) in [6.45, 7) is 6.69. The molecular weight excluding hydrogens is 342 g/mol. The monoisotopic (exact) mass is 363 g/mol. The van der Waals surface area contributed by atoms with Gasteiger partial charge in [-0.25, -0.2) is 0 Å². The Morgan fingerprint density at radius 2 is 2.15 bits per heavy atom. The summed E-state index contributed by atoms with van der Waals surface area (Å²) in [7, 11) is 1.71. The summed E-state index contributed by atoms with van der Waals surface area (Å²) in [5.74, 6) is 0. The van der Waals surface area contributed by atoms with E-state index in [0.29, 0.717) is 24.1 Å². The van der Waals surface area contributed by atoms with Crippen molar-refractivity contribution in [2.75, 3.05) is 26.8 Å². The third kappa shape index (κ3) is 5.34. The van der Waals surface area contributed by atoms with E-state index in [4.69, 9.17) is 16.3 Å². The summed E-state index contributed by atoms with van der Waals surface area (Å²) in [5, 5.41) is 10.9. The van der Waals surface area contributed by atoms with Crippen molar-refractivity contribution in [3.05, 3.63) is 33.3 Å². The SMILES string of the molecule is CCN(CCC(O)c1ccc(Br)cc1Cl)C(C)COC. The lowest BCUT2D eigenvalue weighted by Crippen LogP contribution is -2.37. The summed E-state index contributed by atoms with van der Waals surface area (Å²) in [6.07, 6.45) is 0.114. The van der Waals surface area contributed by atoms with Gasteiger partial charge in [0, 0.05) is 29.2 Å². The highest BCUT2D eigenvalue weighted by Crippen LogP contribution is 2.28. The lowest BCUT2D eigenvalue weighted by molar-refractivity contribution is 0.0841. The van der Waals surface area contributed by atoms with Gasteiger partial charge in [0.15, 0.2) is 0 Å². The molecule has 1 aromatic rings. The quantitative estimate of drug-likeness (QED) is 0.760. The Morgan fingerprint density at radius 1 is 1.45 bits per heavy atom. The fourth-order valence-corrected chi connectivity index (χ4v) is 3.05. The number of ether oxygens (including phenoxy) is 1. The number of aliphatic hydroxyl groups excluding tert-OH is 1. The number of methoxy groups -OCH3 is 1. The van der Waals surface area contributed by atoms with E-state index in [1.165, 1.54) is 0 Å². The maximum absolute atomic E-state index is 10.3. The molecular formula is C15H23BrClNO2. The first-order chi connectivity index (χ1) is 9.49. The lowest BCUT2D eigenvalue weighted by atomic mass is 10.1. The van der Waals surface area contributed by atoms with Gasteiger partial charge in [0.25, 0.3) is 0 Å². The van der Waals surface area contributed by atoms with Crippen LogP contribution in [0.1, 0.15) is 31.9 Å². The Hall–Kier alpha value is -0.130. The van der Waals surface area contributed by atoms with Crippen LogP contribution in [0, 0.1) is 0 Å². The highest BCUT2D eigenvalue weighted by Gasteiger charge is 2.16. The Morgan fingerprint density at radius 3 is 2.70 bits per heavy atom. The first-order valence-electron chi connectivity index (χ1n) is 6.85. The zero-order chi connectivity index (χ0) is 15.1. The van der Waals surface area contributed by atoms with Gasteiger partial charge in [-0.3, -0.25) is 4.90 Å². The van der Waals surface area contributed by atoms with Gasteiger partial charge >= 0.3 is 0 Å². The largest absolute Gasteiger partial charge is 0.388 e. The predicted molar refractivity (Wildman–Crippen MR) is 87.3 cm³/mol. The molecule has 1 rings (SSSR count). The molecule has 3 nitrogen and oxygen atoms in total. The molecule has 0 aliphatic carbocycles. The second-order valence-corrected chi connectivity index (χ2v) is 6.23. The van der Waals surface area contributed by atoms with Crippen molar-refractivity contribution in [2.24, 2.45) is 0 Å². The summed E-state index contributed by atoms with van der Waals surface area (Å²) in [4.78, 5) is 2.29. The zero-order valence-electron chi connectivity index (χ0n) is 12.3. The van der Waals surface area contributed by atoms with E-state index in [1.54, 1.807) is 7.11 Å². The highest BCUT2D eigenvalue weighted by molar-refractivity contribution is 9.10. The van der Waals surface area contributed by atoms with Crippen molar-refractivity contribution in [1.29, 1.82) is 0 Å². The van der Waals surface area contributed by atoms with E-state index in [0.717, 1.165) is 23.1 Å². The molecule has 0 aromatic heterocycles. The third-order valence-electron chi connectivity index (χ3n) is 3.45. The summed E-state index contributed by atoms with van der Waals surface area (Å²) in [6, 6.07) is 5.92. The normalized spacial score (nSPS) is 14.6. The topological polar surface area (TPSA) is 32.7 Å². The minimum atomic E-state index is -0.542. The molecule has 0 heterocycles. The van der Waals surface area contributed by atoms with Crippen LogP contribution < -0.4 is 0 Å². The van der Waals surface area contributed by atoms with Gasteiger partial charge in [-0.15, -0.1) is 0 Å². The Bertz CT molecular complexity index is 417. The number of rotatable bonds is 8. The van der Waals surface area contributed by atoms with Crippen LogP contribution in [-0.2, 0) is 4.74 Å². The van der Waals surface area contributed by atoms with Crippen molar-refractivity contribution >= 4 is 27.5 Å². The second-order valence-electron chi connectivity index (χ2n) is 4.90. The average molecular weight is 365 g/mol. The molecule has 0 amide bonds. The maximum Gasteiger partial charge on any atom is 0.0816 e. The highest BCUT2D eigenvalue weighted by atomic mass is 79.9. The fraction of sp³-hybridized carbons (Fsp3) is 0.600. The first kappa shape index (κ1) is 17.9. The van der Waals surface area contributed by atoms with Crippen molar-refractivity contribution in [2.45, 2.75) is 32.4 Å². The maximum atomic E-state index is 10.3. The minimum absolute atomic E-state index is 0.345. The van der Waals surface area contributed by atoms with E-state index in [1.807, 2.05) is 18.2 Å². The van der Waals surface area contributed by atoms with E-state index in [-0.39, 0.29) is 0 Å². The molecule has 20 heavy (non-hydrogen) atoms. The Labute approximate surface area is 135 Å². The van der Waals surface area contributed by atoms with Crippen LogP contribution in [0.3, 0.4) is 0 Å². The van der Waals surface area contributed by atoms with Crippen LogP contribution in [-0.4, -0.2) is 42.9 Å². The van der Waals surface area contributed by atoms with Gasteiger partial charge in [-0.1, -0.05) is 40.5 Å². The lowest BCUT2D eigenvalue weighted by Gasteiger charge is -2.28. The Balaban J connectivity index is 2.59. The number of hydrogen-bond acceptors (Lipinski definition) is 3. The van der Waals surface area contributed by atoms with Crippen molar-refractivity contribution in [3.63, 3.8) is 0 Å². The van der Waals surface area contributed by atoms with Crippen LogP contribution in [0.4, 0.5) is 0 Å². The van der Waals surface area contributed by atoms with E-state index >= 15 is 0 Å². The smallest absolute Gasteiger partial charge is 0.0816 e. The van der Waals surface area contributed by atoms with Crippen molar-refractivity contribution in [1.82, 2.24) is 4.90 Å². The minimum Gasteiger partial charge on any atom is -0.388 e. The first-order valence-corrected chi connectivity index (χ1v) is 8.02. The molecule has 0 spiro atoms. The summed E-state index contributed by atoms with van der Waals surface area (Å²) < 4.78 is 6.10. The fourth-order valence-electron chi connectivity index (χ4n) is 2.25. The number of hydrogen-bond donors (Lipinski definition) is 1. The predicted octanol–water partition coefficient (Wildman–Crippen LogP) is 3.88. The molecule has 0 aliphatic rings. The van der Waals surface area contributed by atoms with E-state index in [2.05, 4.69) is 34.7 Å². The second kappa shape index (κ2) is 9.00. The number of likely N-dealkylation sites (N-methyl/N-ethyl adjacent to an activating group) is 1. The third-order valence-corrected chi connectivity index (χ3v) is 4.27. The number of benzene rings is 1. The van der Waals surface area contributed by atoms with Crippen LogP contribution in [0.25, 0.3) is 0 Å². The van der Waals surface area contributed by atoms with Gasteiger partial charge in [-0.2, -0.15) is 0 Å². The standard InChI is InChI=1S/C15H23BrClNO2/c1-4-18(11(2)10-20-3)8-7-15(19)13-6-5-12(16)9-14(13)17/h5-6,9,11,15,19H,4,7-8,10H2,1-3H3. The molecule has 1 aromatic carbocycles. The molecule has 5 heteroatoms.